The number of hydrogen-bond donors (Lipinski definition) is 1. The second-order valence-electron chi connectivity index (χ2n) is 5.57. The first-order valence-corrected chi connectivity index (χ1v) is 8.86. The third-order valence-electron chi connectivity index (χ3n) is 3.55. The van der Waals surface area contributed by atoms with Crippen molar-refractivity contribution < 1.29 is 8.42 Å². The predicted octanol–water partition coefficient (Wildman–Crippen LogP) is 2.74. The van der Waals surface area contributed by atoms with E-state index in [1.54, 1.807) is 12.3 Å². The standard InChI is InChI=1S/C16H21N3O2S/c1-12(19(2)3)13-5-7-14(8-6-13)15-9-10-16(17-11-15)18-22(4,20)21/h5-12H,1-4H3,(H,17,18)/t12-/m1/s1. The SMILES string of the molecule is C[C@H](c1ccc(-c2ccc(NS(C)(=O)=O)nc2)cc1)N(C)C. The van der Waals surface area contributed by atoms with E-state index in [-0.39, 0.29) is 0 Å². The van der Waals surface area contributed by atoms with Gasteiger partial charge in [-0.05, 0) is 44.3 Å². The maximum Gasteiger partial charge on any atom is 0.230 e. The molecular formula is C16H21N3O2S. The maximum absolute atomic E-state index is 11.2. The Morgan fingerprint density at radius 1 is 1.05 bits per heavy atom. The quantitative estimate of drug-likeness (QED) is 0.920. The average molecular weight is 319 g/mol. The van der Waals surface area contributed by atoms with Crippen molar-refractivity contribution in [1.29, 1.82) is 0 Å². The molecule has 2 rings (SSSR count). The molecule has 0 spiro atoms. The Bertz CT molecular complexity index is 723. The molecule has 0 amide bonds. The Kier molecular flexibility index (Phi) is 4.83. The minimum Gasteiger partial charge on any atom is -0.303 e. The Labute approximate surface area is 132 Å². The van der Waals surface area contributed by atoms with Gasteiger partial charge in [-0.3, -0.25) is 4.72 Å². The number of nitrogens with zero attached hydrogens (tertiary/aromatic N) is 2. The molecule has 0 aliphatic heterocycles. The molecule has 0 fully saturated rings. The van der Waals surface area contributed by atoms with Crippen molar-refractivity contribution in [2.75, 3.05) is 25.1 Å². The summed E-state index contributed by atoms with van der Waals surface area (Å²) in [5.74, 6) is 0.323. The van der Waals surface area contributed by atoms with Crippen molar-refractivity contribution in [3.63, 3.8) is 0 Å². The van der Waals surface area contributed by atoms with Crippen LogP contribution in [0.15, 0.2) is 42.6 Å². The fourth-order valence-corrected chi connectivity index (χ4v) is 2.57. The fraction of sp³-hybridized carbons (Fsp3) is 0.312. The molecule has 118 valence electrons. The Hall–Kier alpha value is -1.92. The third-order valence-corrected chi connectivity index (χ3v) is 4.13. The molecule has 1 aromatic carbocycles. The Balaban J connectivity index is 2.18. The topological polar surface area (TPSA) is 62.3 Å². The summed E-state index contributed by atoms with van der Waals surface area (Å²) in [5, 5.41) is 0. The number of sulfonamides is 1. The number of rotatable bonds is 5. The van der Waals surface area contributed by atoms with Gasteiger partial charge < -0.3 is 4.90 Å². The van der Waals surface area contributed by atoms with Crippen LogP contribution in [0.1, 0.15) is 18.5 Å². The van der Waals surface area contributed by atoms with Crippen LogP contribution in [-0.2, 0) is 10.0 Å². The molecule has 0 aliphatic carbocycles. The van der Waals surface area contributed by atoms with Gasteiger partial charge in [-0.2, -0.15) is 0 Å². The number of anilines is 1. The van der Waals surface area contributed by atoms with Gasteiger partial charge in [0.15, 0.2) is 0 Å². The highest BCUT2D eigenvalue weighted by atomic mass is 32.2. The number of hydrogen-bond acceptors (Lipinski definition) is 4. The van der Waals surface area contributed by atoms with Crippen LogP contribution in [0.4, 0.5) is 5.82 Å². The van der Waals surface area contributed by atoms with Crippen molar-refractivity contribution in [3.8, 4) is 11.1 Å². The number of benzene rings is 1. The Morgan fingerprint density at radius 3 is 2.09 bits per heavy atom. The summed E-state index contributed by atoms with van der Waals surface area (Å²) in [6.45, 7) is 2.15. The zero-order valence-corrected chi connectivity index (χ0v) is 14.1. The fourth-order valence-electron chi connectivity index (χ4n) is 2.07. The van der Waals surface area contributed by atoms with Gasteiger partial charge in [0.25, 0.3) is 0 Å². The van der Waals surface area contributed by atoms with E-state index in [0.717, 1.165) is 17.4 Å². The lowest BCUT2D eigenvalue weighted by molar-refractivity contribution is 0.321. The van der Waals surface area contributed by atoms with E-state index in [4.69, 9.17) is 0 Å². The van der Waals surface area contributed by atoms with Crippen LogP contribution >= 0.6 is 0 Å². The lowest BCUT2D eigenvalue weighted by atomic mass is 10.0. The monoisotopic (exact) mass is 319 g/mol. The minimum absolute atomic E-state index is 0.323. The predicted molar refractivity (Wildman–Crippen MR) is 90.2 cm³/mol. The zero-order chi connectivity index (χ0) is 16.3. The summed E-state index contributed by atoms with van der Waals surface area (Å²) in [6, 6.07) is 12.2. The zero-order valence-electron chi connectivity index (χ0n) is 13.2. The van der Waals surface area contributed by atoms with Crippen molar-refractivity contribution in [2.24, 2.45) is 0 Å². The van der Waals surface area contributed by atoms with E-state index < -0.39 is 10.0 Å². The van der Waals surface area contributed by atoms with Gasteiger partial charge >= 0.3 is 0 Å². The normalized spacial score (nSPS) is 13.1. The van der Waals surface area contributed by atoms with E-state index in [0.29, 0.717) is 11.9 Å². The molecule has 1 heterocycles. The number of pyridine rings is 1. The molecule has 22 heavy (non-hydrogen) atoms. The van der Waals surface area contributed by atoms with Crippen LogP contribution in [0.2, 0.25) is 0 Å². The Morgan fingerprint density at radius 2 is 1.64 bits per heavy atom. The molecule has 2 aromatic rings. The van der Waals surface area contributed by atoms with Gasteiger partial charge in [0.2, 0.25) is 10.0 Å². The highest BCUT2D eigenvalue weighted by Gasteiger charge is 2.08. The molecule has 0 saturated carbocycles. The molecule has 0 unspecified atom stereocenters. The van der Waals surface area contributed by atoms with Crippen molar-refractivity contribution >= 4 is 15.8 Å². The minimum atomic E-state index is -3.30. The van der Waals surface area contributed by atoms with Gasteiger partial charge in [-0.1, -0.05) is 24.3 Å². The highest BCUT2D eigenvalue weighted by Crippen LogP contribution is 2.24. The first-order chi connectivity index (χ1) is 10.3. The van der Waals surface area contributed by atoms with Crippen molar-refractivity contribution in [2.45, 2.75) is 13.0 Å². The van der Waals surface area contributed by atoms with Gasteiger partial charge in [0, 0.05) is 17.8 Å². The third kappa shape index (κ3) is 4.29. The molecule has 6 heteroatoms. The molecule has 0 bridgehead atoms. The second kappa shape index (κ2) is 6.46. The molecule has 1 aromatic heterocycles. The summed E-state index contributed by atoms with van der Waals surface area (Å²) >= 11 is 0. The summed E-state index contributed by atoms with van der Waals surface area (Å²) < 4.78 is 24.7. The van der Waals surface area contributed by atoms with Crippen molar-refractivity contribution in [1.82, 2.24) is 9.88 Å². The van der Waals surface area contributed by atoms with Gasteiger partial charge in [-0.15, -0.1) is 0 Å². The molecule has 1 atom stereocenters. The maximum atomic E-state index is 11.2. The lowest BCUT2D eigenvalue weighted by Crippen LogP contribution is -2.16. The molecule has 5 nitrogen and oxygen atoms in total. The number of aromatic nitrogens is 1. The van der Waals surface area contributed by atoms with E-state index in [1.165, 1.54) is 5.56 Å². The van der Waals surface area contributed by atoms with Crippen LogP contribution in [0, 0.1) is 0 Å². The van der Waals surface area contributed by atoms with Crippen LogP contribution in [0.25, 0.3) is 11.1 Å². The molecule has 0 saturated heterocycles. The molecule has 1 N–H and O–H groups in total. The van der Waals surface area contributed by atoms with E-state index >= 15 is 0 Å². The summed E-state index contributed by atoms with van der Waals surface area (Å²) in [5.41, 5.74) is 3.24. The van der Waals surface area contributed by atoms with Crippen LogP contribution in [0.3, 0.4) is 0 Å². The number of nitrogens with one attached hydrogen (secondary N) is 1. The van der Waals surface area contributed by atoms with Gasteiger partial charge in [0.05, 0.1) is 6.26 Å². The van der Waals surface area contributed by atoms with Crippen LogP contribution < -0.4 is 4.72 Å². The lowest BCUT2D eigenvalue weighted by Gasteiger charge is -2.20. The smallest absolute Gasteiger partial charge is 0.230 e. The summed E-state index contributed by atoms with van der Waals surface area (Å²) in [4.78, 5) is 6.28. The largest absolute Gasteiger partial charge is 0.303 e. The average Bonchev–Trinajstić information content (AvgIpc) is 2.46. The summed E-state index contributed by atoms with van der Waals surface area (Å²) in [7, 11) is 0.808. The van der Waals surface area contributed by atoms with E-state index in [2.05, 4.69) is 59.9 Å². The molecule has 0 aliphatic rings. The van der Waals surface area contributed by atoms with Crippen LogP contribution in [-0.4, -0.2) is 38.7 Å². The molecular weight excluding hydrogens is 298 g/mol. The first kappa shape index (κ1) is 16.5. The summed E-state index contributed by atoms with van der Waals surface area (Å²) in [6.07, 6.45) is 2.77. The first-order valence-electron chi connectivity index (χ1n) is 6.97. The van der Waals surface area contributed by atoms with Crippen LogP contribution in [0.5, 0.6) is 0 Å². The van der Waals surface area contributed by atoms with Gasteiger partial charge in [0.1, 0.15) is 5.82 Å². The van der Waals surface area contributed by atoms with E-state index in [9.17, 15) is 8.42 Å². The van der Waals surface area contributed by atoms with Gasteiger partial charge in [-0.25, -0.2) is 13.4 Å². The van der Waals surface area contributed by atoms with Crippen molar-refractivity contribution in [3.05, 3.63) is 48.2 Å². The molecule has 0 radical (unpaired) electrons. The highest BCUT2D eigenvalue weighted by molar-refractivity contribution is 7.92. The van der Waals surface area contributed by atoms with E-state index in [1.807, 2.05) is 6.07 Å². The second-order valence-corrected chi connectivity index (χ2v) is 7.32.